The molecule has 0 saturated heterocycles. The Kier molecular flexibility index (Phi) is 8.17. The van der Waals surface area contributed by atoms with E-state index < -0.39 is 21.0 Å². The van der Waals surface area contributed by atoms with Crippen LogP contribution in [0.3, 0.4) is 0 Å². The third kappa shape index (κ3) is 3.93. The van der Waals surface area contributed by atoms with Gasteiger partial charge in [-0.1, -0.05) is 0 Å². The average molecular weight is 480 g/mol. The second-order valence-corrected chi connectivity index (χ2v) is 16.5. The maximum atomic E-state index is 2.51. The molecule has 0 fully saturated rings. The quantitative estimate of drug-likeness (QED) is 0.442. The van der Waals surface area contributed by atoms with E-state index in [1.807, 2.05) is 3.33 Å². The van der Waals surface area contributed by atoms with E-state index in [1.165, 1.54) is 12.0 Å². The van der Waals surface area contributed by atoms with E-state index in [0.29, 0.717) is 5.92 Å². The van der Waals surface area contributed by atoms with E-state index in [-0.39, 0.29) is 24.8 Å². The van der Waals surface area contributed by atoms with Gasteiger partial charge in [0.25, 0.3) is 0 Å². The minimum Gasteiger partial charge on any atom is -0.147 e. The predicted molar refractivity (Wildman–Crippen MR) is 92.9 cm³/mol. The van der Waals surface area contributed by atoms with Crippen molar-refractivity contribution < 1.29 is 21.0 Å². The monoisotopic (exact) mass is 480 g/mol. The summed E-state index contributed by atoms with van der Waals surface area (Å²) >= 11 is -1.90. The van der Waals surface area contributed by atoms with Crippen molar-refractivity contribution in [3.8, 4) is 0 Å². The summed E-state index contributed by atoms with van der Waals surface area (Å²) in [5.41, 5.74) is 4.67. The number of rotatable bonds is 2. The molecule has 3 heteroatoms. The Balaban J connectivity index is 0.00000180. The Morgan fingerprint density at radius 1 is 1.10 bits per heavy atom. The zero-order valence-corrected chi connectivity index (χ0v) is 18.6. The molecule has 2 aliphatic carbocycles. The van der Waals surface area contributed by atoms with E-state index in [0.717, 1.165) is 0 Å². The molecular weight excluding hydrogens is 454 g/mol. The molecule has 1 unspecified atom stereocenters. The molecule has 112 valence electrons. The molecule has 0 nitrogen and oxygen atoms in total. The molecule has 0 aliphatic heterocycles. The van der Waals surface area contributed by atoms with Gasteiger partial charge in [0.2, 0.25) is 0 Å². The maximum Gasteiger partial charge on any atom is -0.147 e. The third-order valence-electron chi connectivity index (χ3n) is 4.13. The zero-order chi connectivity index (χ0) is 13.4. The summed E-state index contributed by atoms with van der Waals surface area (Å²) in [5.74, 6) is 0.684. The van der Waals surface area contributed by atoms with E-state index in [2.05, 4.69) is 59.8 Å². The Labute approximate surface area is 143 Å². The Morgan fingerprint density at radius 2 is 1.70 bits per heavy atom. The van der Waals surface area contributed by atoms with Crippen LogP contribution < -0.4 is 0 Å². The van der Waals surface area contributed by atoms with Crippen molar-refractivity contribution in [1.82, 2.24) is 0 Å². The minimum absolute atomic E-state index is 0. The molecule has 2 aliphatic rings. The van der Waals surface area contributed by atoms with Crippen molar-refractivity contribution in [1.29, 1.82) is 0 Å². The summed E-state index contributed by atoms with van der Waals surface area (Å²) in [6, 6.07) is 0. The van der Waals surface area contributed by atoms with E-state index in [4.69, 9.17) is 0 Å². The summed E-state index contributed by atoms with van der Waals surface area (Å²) in [6.45, 7) is 14.0. The van der Waals surface area contributed by atoms with Gasteiger partial charge in [0, 0.05) is 0 Å². The number of halogens is 2. The van der Waals surface area contributed by atoms with Gasteiger partial charge in [-0.15, -0.1) is 24.8 Å². The fourth-order valence-electron chi connectivity index (χ4n) is 3.04. The summed E-state index contributed by atoms with van der Waals surface area (Å²) in [4.78, 5) is 0. The van der Waals surface area contributed by atoms with Crippen molar-refractivity contribution in [3.63, 3.8) is 0 Å². The summed E-state index contributed by atoms with van der Waals surface area (Å²) in [5, 5.41) is 0. The van der Waals surface area contributed by atoms with Gasteiger partial charge >= 0.3 is 120 Å². The summed E-state index contributed by atoms with van der Waals surface area (Å²) in [6.07, 6.45) is 8.50. The Bertz CT molecular complexity index is 541. The van der Waals surface area contributed by atoms with Crippen LogP contribution in [-0.2, 0) is 21.0 Å². The van der Waals surface area contributed by atoms with Gasteiger partial charge in [0.05, 0.1) is 0 Å². The third-order valence-corrected chi connectivity index (χ3v) is 16.2. The molecule has 1 atom stereocenters. The smallest absolute Gasteiger partial charge is 0.147 e. The van der Waals surface area contributed by atoms with Gasteiger partial charge in [-0.2, -0.15) is 0 Å². The number of allylic oxidation sites excluding steroid dienone is 8. The molecule has 0 heterocycles. The van der Waals surface area contributed by atoms with Crippen molar-refractivity contribution in [2.45, 2.75) is 48.0 Å². The molecule has 20 heavy (non-hydrogen) atoms. The molecule has 0 aromatic heterocycles. The van der Waals surface area contributed by atoms with Crippen LogP contribution in [0.1, 0.15) is 48.0 Å². The molecule has 0 spiro atoms. The Hall–Kier alpha value is 0.280. The van der Waals surface area contributed by atoms with Crippen LogP contribution in [0.15, 0.2) is 41.6 Å². The van der Waals surface area contributed by atoms with Gasteiger partial charge in [0.15, 0.2) is 0 Å². The van der Waals surface area contributed by atoms with Crippen LogP contribution >= 0.6 is 24.8 Å². The second-order valence-electron chi connectivity index (χ2n) is 5.93. The van der Waals surface area contributed by atoms with E-state index in [9.17, 15) is 0 Å². The Morgan fingerprint density at radius 3 is 2.05 bits per heavy atom. The first kappa shape index (κ1) is 20.3. The maximum absolute atomic E-state index is 2.51. The van der Waals surface area contributed by atoms with Crippen LogP contribution in [0.4, 0.5) is 0 Å². The first-order valence-corrected chi connectivity index (χ1v) is 12.2. The number of hydrogen-bond acceptors (Lipinski definition) is 0. The number of hydrogen-bond donors (Lipinski definition) is 0. The van der Waals surface area contributed by atoms with E-state index >= 15 is 0 Å². The first-order chi connectivity index (χ1) is 8.41. The molecule has 0 N–H and O–H groups in total. The standard InChI is InChI=1S/2C7H9.C3H6.2ClH.Hf/c1-6-3-4-7(2)5-6;1-6-4-3-5-7(6)2;1-3-2;;;/h3-4,6H,1-2H3;4H,5H2,1-2H3;1-2H3;2*1H;. The fraction of sp³-hybridized carbons (Fsp3) is 0.471. The molecular formula is C17H26Cl2Hf. The predicted octanol–water partition coefficient (Wildman–Crippen LogP) is 5.76. The van der Waals surface area contributed by atoms with Crippen LogP contribution in [0.2, 0.25) is 0 Å². The molecule has 0 radical (unpaired) electrons. The fourth-order valence-corrected chi connectivity index (χ4v) is 15.1. The van der Waals surface area contributed by atoms with E-state index in [1.54, 1.807) is 17.7 Å². The van der Waals surface area contributed by atoms with Crippen molar-refractivity contribution in [3.05, 3.63) is 41.6 Å². The van der Waals surface area contributed by atoms with Crippen LogP contribution in [0, 0.1) is 5.92 Å². The largest absolute Gasteiger partial charge is 0.147 e. The van der Waals surface area contributed by atoms with Crippen LogP contribution in [0.5, 0.6) is 0 Å². The summed E-state index contributed by atoms with van der Waals surface area (Å²) in [7, 11) is 0. The first-order valence-electron chi connectivity index (χ1n) is 6.86. The molecule has 2 rings (SSSR count). The van der Waals surface area contributed by atoms with Gasteiger partial charge in [-0.05, 0) is 0 Å². The van der Waals surface area contributed by atoms with Crippen molar-refractivity contribution in [2.24, 2.45) is 5.92 Å². The zero-order valence-electron chi connectivity index (χ0n) is 13.3. The average Bonchev–Trinajstić information content (AvgIpc) is 2.76. The van der Waals surface area contributed by atoms with Crippen LogP contribution in [-0.4, -0.2) is 3.26 Å². The summed E-state index contributed by atoms with van der Waals surface area (Å²) < 4.78 is 5.37. The molecule has 0 saturated carbocycles. The molecule has 0 amide bonds. The van der Waals surface area contributed by atoms with Gasteiger partial charge in [0.1, 0.15) is 0 Å². The topological polar surface area (TPSA) is 0 Å². The van der Waals surface area contributed by atoms with Crippen molar-refractivity contribution in [2.75, 3.05) is 0 Å². The molecule has 0 aromatic carbocycles. The van der Waals surface area contributed by atoms with Gasteiger partial charge in [-0.3, -0.25) is 0 Å². The van der Waals surface area contributed by atoms with Gasteiger partial charge in [-0.25, -0.2) is 0 Å². The second kappa shape index (κ2) is 8.06. The van der Waals surface area contributed by atoms with Gasteiger partial charge < -0.3 is 0 Å². The van der Waals surface area contributed by atoms with Crippen molar-refractivity contribution >= 4 is 28.1 Å². The normalized spacial score (nSPS) is 20.7. The SMILES string of the molecule is CC1=C(C)C[C]([Hf]([C]2=C(C)C=CC2C)=[C](C)C)=C1.Cl.Cl. The van der Waals surface area contributed by atoms with Crippen LogP contribution in [0.25, 0.3) is 0 Å². The minimum atomic E-state index is -1.90. The molecule has 0 bridgehead atoms. The molecule has 0 aromatic rings.